The molecule has 5 rings (SSSR count). The number of nitrogens with zero attached hydrogens (tertiary/aromatic N) is 2. The molecule has 2 heteroatoms. The average molecular weight is 423 g/mol. The number of anilines is 2. The van der Waals surface area contributed by atoms with Gasteiger partial charge in [0.05, 0.1) is 5.52 Å². The van der Waals surface area contributed by atoms with Gasteiger partial charge in [0, 0.05) is 41.1 Å². The van der Waals surface area contributed by atoms with Crippen LogP contribution < -0.4 is 4.90 Å². The Kier molecular flexibility index (Phi) is 4.74. The minimum atomic E-state index is 0.0935. The molecule has 164 valence electrons. The van der Waals surface area contributed by atoms with Crippen molar-refractivity contribution in [2.45, 2.75) is 52.9 Å². The summed E-state index contributed by atoms with van der Waals surface area (Å²) in [5, 5.41) is 1.34. The van der Waals surface area contributed by atoms with E-state index in [0.29, 0.717) is 5.92 Å². The lowest BCUT2D eigenvalue weighted by molar-refractivity contribution is 0.335. The van der Waals surface area contributed by atoms with Gasteiger partial charge in [-0.2, -0.15) is 0 Å². The highest BCUT2D eigenvalue weighted by Gasteiger charge is 2.36. The van der Waals surface area contributed by atoms with Crippen molar-refractivity contribution in [1.29, 1.82) is 0 Å². The van der Waals surface area contributed by atoms with Crippen LogP contribution in [0.2, 0.25) is 0 Å². The van der Waals surface area contributed by atoms with Crippen molar-refractivity contribution in [2.24, 2.45) is 5.41 Å². The Bertz CT molecular complexity index is 1280. The highest BCUT2D eigenvalue weighted by Crippen LogP contribution is 2.48. The molecule has 0 amide bonds. The molecule has 1 unspecified atom stereocenters. The lowest BCUT2D eigenvalue weighted by Crippen LogP contribution is -2.24. The Labute approximate surface area is 192 Å². The van der Waals surface area contributed by atoms with E-state index >= 15 is 0 Å². The van der Waals surface area contributed by atoms with Crippen LogP contribution in [-0.4, -0.2) is 11.1 Å². The monoisotopic (exact) mass is 422 g/mol. The molecule has 0 spiro atoms. The third-order valence-electron chi connectivity index (χ3n) is 6.95. The molecule has 3 aromatic carbocycles. The predicted octanol–water partition coefficient (Wildman–Crippen LogP) is 8.21. The fourth-order valence-electron chi connectivity index (χ4n) is 5.19. The van der Waals surface area contributed by atoms with Gasteiger partial charge in [-0.05, 0) is 52.3 Å². The molecule has 0 bridgehead atoms. The molecular formula is C30H34N2. The first-order valence-corrected chi connectivity index (χ1v) is 11.7. The number of hydrogen-bond donors (Lipinski definition) is 0. The zero-order valence-electron chi connectivity index (χ0n) is 20.2. The molecule has 0 radical (unpaired) electrons. The first kappa shape index (κ1) is 20.9. The highest BCUT2D eigenvalue weighted by molar-refractivity contribution is 5.87. The summed E-state index contributed by atoms with van der Waals surface area (Å²) in [4.78, 5) is 2.51. The maximum absolute atomic E-state index is 2.51. The van der Waals surface area contributed by atoms with Crippen molar-refractivity contribution < 1.29 is 0 Å². The van der Waals surface area contributed by atoms with Crippen molar-refractivity contribution in [1.82, 2.24) is 4.57 Å². The van der Waals surface area contributed by atoms with Crippen LogP contribution in [0.25, 0.3) is 16.6 Å². The van der Waals surface area contributed by atoms with Crippen molar-refractivity contribution in [3.05, 3.63) is 90.1 Å². The smallest absolute Gasteiger partial charge is 0.0531 e. The van der Waals surface area contributed by atoms with E-state index < -0.39 is 0 Å². The second kappa shape index (κ2) is 7.27. The third kappa shape index (κ3) is 3.43. The first-order valence-electron chi connectivity index (χ1n) is 11.7. The number of fused-ring (bicyclic) bond motifs is 2. The van der Waals surface area contributed by atoms with Crippen molar-refractivity contribution in [3.8, 4) is 5.69 Å². The summed E-state index contributed by atoms with van der Waals surface area (Å²) >= 11 is 0. The Morgan fingerprint density at radius 1 is 0.750 bits per heavy atom. The number of hydrogen-bond acceptors (Lipinski definition) is 1. The Hall–Kier alpha value is -3.00. The SMILES string of the molecule is CC(C)(C)c1cn(-c2cccc(N3CC(C(C)(C)C)c4ccccc43)c2)c2ccccc12. The lowest BCUT2D eigenvalue weighted by atomic mass is 9.78. The number of para-hydroxylation sites is 2. The molecular weight excluding hydrogens is 388 g/mol. The number of benzene rings is 3. The van der Waals surface area contributed by atoms with Crippen LogP contribution >= 0.6 is 0 Å². The van der Waals surface area contributed by atoms with Gasteiger partial charge in [0.25, 0.3) is 0 Å². The summed E-state index contributed by atoms with van der Waals surface area (Å²) in [6, 6.07) is 26.7. The summed E-state index contributed by atoms with van der Waals surface area (Å²) < 4.78 is 2.36. The molecule has 0 saturated carbocycles. The molecule has 4 aromatic rings. The Balaban J connectivity index is 1.62. The molecule has 0 N–H and O–H groups in total. The van der Waals surface area contributed by atoms with E-state index in [1.165, 1.54) is 39.1 Å². The molecule has 1 aromatic heterocycles. The van der Waals surface area contributed by atoms with Gasteiger partial charge in [-0.25, -0.2) is 0 Å². The third-order valence-corrected chi connectivity index (χ3v) is 6.95. The molecule has 1 atom stereocenters. The standard InChI is InChI=1S/C30H34N2/c1-29(2,3)25-19-31(27-16-9-7-14-23(25)27)21-12-11-13-22(18-21)32-20-26(30(4,5)6)24-15-8-10-17-28(24)32/h7-19,26H,20H2,1-6H3. The van der Waals surface area contributed by atoms with Crippen molar-refractivity contribution >= 4 is 22.3 Å². The quantitative estimate of drug-likeness (QED) is 0.316. The average Bonchev–Trinajstić information content (AvgIpc) is 3.33. The summed E-state index contributed by atoms with van der Waals surface area (Å²) in [6.45, 7) is 15.0. The Morgan fingerprint density at radius 3 is 2.19 bits per heavy atom. The summed E-state index contributed by atoms with van der Waals surface area (Å²) in [5.41, 5.74) is 8.25. The van der Waals surface area contributed by atoms with Crippen LogP contribution in [0.15, 0.2) is 79.0 Å². The van der Waals surface area contributed by atoms with E-state index in [0.717, 1.165) is 6.54 Å². The van der Waals surface area contributed by atoms with Gasteiger partial charge in [0.15, 0.2) is 0 Å². The fraction of sp³-hybridized carbons (Fsp3) is 0.333. The van der Waals surface area contributed by atoms with Crippen LogP contribution in [0.3, 0.4) is 0 Å². The second-order valence-corrected chi connectivity index (χ2v) is 11.3. The first-order chi connectivity index (χ1) is 15.1. The zero-order valence-corrected chi connectivity index (χ0v) is 20.2. The maximum Gasteiger partial charge on any atom is 0.0531 e. The zero-order chi connectivity index (χ0) is 22.7. The number of aromatic nitrogens is 1. The molecule has 0 fully saturated rings. The number of rotatable bonds is 2. The second-order valence-electron chi connectivity index (χ2n) is 11.3. The van der Waals surface area contributed by atoms with Gasteiger partial charge in [0.1, 0.15) is 0 Å². The van der Waals surface area contributed by atoms with E-state index in [9.17, 15) is 0 Å². The van der Waals surface area contributed by atoms with Crippen molar-refractivity contribution in [3.63, 3.8) is 0 Å². The minimum absolute atomic E-state index is 0.0935. The molecule has 0 saturated heterocycles. The molecule has 2 nitrogen and oxygen atoms in total. The minimum Gasteiger partial charge on any atom is -0.341 e. The van der Waals surface area contributed by atoms with Crippen LogP contribution in [0.4, 0.5) is 11.4 Å². The van der Waals surface area contributed by atoms with Crippen LogP contribution in [-0.2, 0) is 5.41 Å². The topological polar surface area (TPSA) is 8.17 Å². The van der Waals surface area contributed by atoms with Gasteiger partial charge in [-0.3, -0.25) is 0 Å². The highest BCUT2D eigenvalue weighted by atomic mass is 15.2. The molecule has 32 heavy (non-hydrogen) atoms. The van der Waals surface area contributed by atoms with E-state index in [4.69, 9.17) is 0 Å². The normalized spacial score (nSPS) is 16.6. The van der Waals surface area contributed by atoms with Crippen LogP contribution in [0, 0.1) is 5.41 Å². The maximum atomic E-state index is 2.51. The van der Waals surface area contributed by atoms with Crippen molar-refractivity contribution in [2.75, 3.05) is 11.4 Å². The van der Waals surface area contributed by atoms with Crippen LogP contribution in [0.5, 0.6) is 0 Å². The lowest BCUT2D eigenvalue weighted by Gasteiger charge is -2.28. The Morgan fingerprint density at radius 2 is 1.44 bits per heavy atom. The molecule has 0 aliphatic carbocycles. The van der Waals surface area contributed by atoms with E-state index in [1.54, 1.807) is 0 Å². The molecule has 1 aliphatic rings. The summed E-state index contributed by atoms with van der Waals surface area (Å²) in [7, 11) is 0. The van der Waals surface area contributed by atoms with Gasteiger partial charge >= 0.3 is 0 Å². The molecule has 1 aliphatic heterocycles. The van der Waals surface area contributed by atoms with E-state index in [1.807, 2.05) is 0 Å². The van der Waals surface area contributed by atoms with Gasteiger partial charge in [-0.1, -0.05) is 84.0 Å². The summed E-state index contributed by atoms with van der Waals surface area (Å²) in [6.07, 6.45) is 2.33. The largest absolute Gasteiger partial charge is 0.341 e. The summed E-state index contributed by atoms with van der Waals surface area (Å²) in [5.74, 6) is 0.516. The predicted molar refractivity (Wildman–Crippen MR) is 138 cm³/mol. The fourth-order valence-corrected chi connectivity index (χ4v) is 5.19. The van der Waals surface area contributed by atoms with Gasteiger partial charge in [0.2, 0.25) is 0 Å². The van der Waals surface area contributed by atoms with Gasteiger partial charge in [-0.15, -0.1) is 0 Å². The molecule has 2 heterocycles. The van der Waals surface area contributed by atoms with Gasteiger partial charge < -0.3 is 9.47 Å². The van der Waals surface area contributed by atoms with E-state index in [2.05, 4.69) is 130 Å². The van der Waals surface area contributed by atoms with Crippen LogP contribution in [0.1, 0.15) is 58.6 Å². The van der Waals surface area contributed by atoms with E-state index in [-0.39, 0.29) is 10.8 Å².